The number of nitrogens with one attached hydrogen (secondary N) is 1. The van der Waals surface area contributed by atoms with Gasteiger partial charge in [-0.05, 0) is 24.3 Å². The Labute approximate surface area is 185 Å². The van der Waals surface area contributed by atoms with Gasteiger partial charge in [-0.2, -0.15) is 5.10 Å². The monoisotopic (exact) mass is 427 g/mol. The largest absolute Gasteiger partial charge is 0.502 e. The van der Waals surface area contributed by atoms with Gasteiger partial charge < -0.3 is 14.6 Å². The predicted octanol–water partition coefficient (Wildman–Crippen LogP) is 4.39. The molecule has 1 heterocycles. The number of hydrazone groups is 1. The molecule has 0 saturated carbocycles. The lowest BCUT2D eigenvalue weighted by atomic mass is 10.0. The van der Waals surface area contributed by atoms with Crippen LogP contribution in [0.25, 0.3) is 22.2 Å². The highest BCUT2D eigenvalue weighted by Gasteiger charge is 2.14. The van der Waals surface area contributed by atoms with Crippen LogP contribution in [0.5, 0.6) is 17.2 Å². The number of para-hydroxylation sites is 1. The van der Waals surface area contributed by atoms with E-state index in [2.05, 4.69) is 10.5 Å². The zero-order chi connectivity index (χ0) is 22.5. The maximum Gasteiger partial charge on any atom is 0.272 e. The molecule has 0 atom stereocenters. The number of amides is 1. The van der Waals surface area contributed by atoms with Crippen LogP contribution in [0.4, 0.5) is 0 Å². The number of aromatic hydroxyl groups is 1. The SMILES string of the molecule is COc1cc(C=NNC(=O)c2cc(-c3ccccc3)nc3ccccc23)cc(OC)c1O. The van der Waals surface area contributed by atoms with Gasteiger partial charge in [0, 0.05) is 16.5 Å². The minimum absolute atomic E-state index is 0.104. The first kappa shape index (κ1) is 20.9. The highest BCUT2D eigenvalue weighted by atomic mass is 16.5. The molecule has 2 N–H and O–H groups in total. The van der Waals surface area contributed by atoms with E-state index >= 15 is 0 Å². The first-order valence-electron chi connectivity index (χ1n) is 9.84. The molecule has 0 saturated heterocycles. The Morgan fingerprint density at radius 2 is 1.62 bits per heavy atom. The van der Waals surface area contributed by atoms with Crippen LogP contribution in [0.15, 0.2) is 77.9 Å². The third kappa shape index (κ3) is 4.22. The maximum atomic E-state index is 13.0. The molecule has 1 amide bonds. The lowest BCUT2D eigenvalue weighted by molar-refractivity contribution is 0.0956. The number of hydrogen-bond acceptors (Lipinski definition) is 6. The fourth-order valence-corrected chi connectivity index (χ4v) is 3.33. The van der Waals surface area contributed by atoms with Gasteiger partial charge in [0.15, 0.2) is 11.5 Å². The number of fused-ring (bicyclic) bond motifs is 1. The molecule has 4 aromatic rings. The summed E-state index contributed by atoms with van der Waals surface area (Å²) >= 11 is 0. The summed E-state index contributed by atoms with van der Waals surface area (Å²) in [5, 5.41) is 14.8. The number of phenolic OH excluding ortho intramolecular Hbond substituents is 1. The molecule has 32 heavy (non-hydrogen) atoms. The molecular weight excluding hydrogens is 406 g/mol. The number of nitrogens with zero attached hydrogens (tertiary/aromatic N) is 2. The average molecular weight is 427 g/mol. The van der Waals surface area contributed by atoms with Crippen molar-refractivity contribution in [3.8, 4) is 28.5 Å². The highest BCUT2D eigenvalue weighted by molar-refractivity contribution is 6.07. The molecule has 1 aromatic heterocycles. The Morgan fingerprint density at radius 3 is 2.31 bits per heavy atom. The van der Waals surface area contributed by atoms with E-state index < -0.39 is 0 Å². The minimum atomic E-state index is -0.366. The van der Waals surface area contributed by atoms with E-state index in [1.165, 1.54) is 20.4 Å². The van der Waals surface area contributed by atoms with Crippen LogP contribution < -0.4 is 14.9 Å². The van der Waals surface area contributed by atoms with Crippen molar-refractivity contribution >= 4 is 23.0 Å². The van der Waals surface area contributed by atoms with E-state index in [1.807, 2.05) is 54.6 Å². The maximum absolute atomic E-state index is 13.0. The van der Waals surface area contributed by atoms with Gasteiger partial charge in [0.05, 0.1) is 37.2 Å². The van der Waals surface area contributed by atoms with Crippen LogP contribution >= 0.6 is 0 Å². The van der Waals surface area contributed by atoms with Crippen LogP contribution in [-0.2, 0) is 0 Å². The summed E-state index contributed by atoms with van der Waals surface area (Å²) in [6, 6.07) is 22.1. The number of pyridine rings is 1. The van der Waals surface area contributed by atoms with Crippen LogP contribution in [0.2, 0.25) is 0 Å². The average Bonchev–Trinajstić information content (AvgIpc) is 2.84. The topological polar surface area (TPSA) is 93.0 Å². The second-order valence-corrected chi connectivity index (χ2v) is 6.91. The summed E-state index contributed by atoms with van der Waals surface area (Å²) in [4.78, 5) is 17.7. The van der Waals surface area contributed by atoms with Gasteiger partial charge in [0.2, 0.25) is 5.75 Å². The first-order chi connectivity index (χ1) is 15.6. The van der Waals surface area contributed by atoms with E-state index in [-0.39, 0.29) is 23.2 Å². The number of methoxy groups -OCH3 is 2. The fourth-order valence-electron chi connectivity index (χ4n) is 3.33. The van der Waals surface area contributed by atoms with Gasteiger partial charge in [0.1, 0.15) is 0 Å². The zero-order valence-corrected chi connectivity index (χ0v) is 17.6. The number of hydrogen-bond donors (Lipinski definition) is 2. The Bertz CT molecular complexity index is 1280. The molecule has 160 valence electrons. The third-order valence-corrected chi connectivity index (χ3v) is 4.91. The molecule has 7 heteroatoms. The van der Waals surface area contributed by atoms with Crippen LogP contribution in [-0.4, -0.2) is 36.4 Å². The Kier molecular flexibility index (Phi) is 5.98. The van der Waals surface area contributed by atoms with Crippen LogP contribution in [0.1, 0.15) is 15.9 Å². The molecule has 0 fully saturated rings. The van der Waals surface area contributed by atoms with Gasteiger partial charge >= 0.3 is 0 Å². The molecule has 0 bridgehead atoms. The molecule has 3 aromatic carbocycles. The van der Waals surface area contributed by atoms with Crippen molar-refractivity contribution < 1.29 is 19.4 Å². The van der Waals surface area contributed by atoms with Crippen molar-refractivity contribution in [3.05, 3.63) is 83.9 Å². The van der Waals surface area contributed by atoms with Gasteiger partial charge in [-0.15, -0.1) is 0 Å². The summed E-state index contributed by atoms with van der Waals surface area (Å²) in [5.74, 6) is 0.0112. The Balaban J connectivity index is 1.65. The van der Waals surface area contributed by atoms with Crippen molar-refractivity contribution in [1.82, 2.24) is 10.4 Å². The molecule has 0 aliphatic rings. The summed E-state index contributed by atoms with van der Waals surface area (Å²) in [6.07, 6.45) is 1.45. The molecule has 0 aliphatic heterocycles. The third-order valence-electron chi connectivity index (χ3n) is 4.91. The number of carbonyl (C=O) groups is 1. The van der Waals surface area contributed by atoms with Gasteiger partial charge in [-0.3, -0.25) is 4.79 Å². The van der Waals surface area contributed by atoms with Crippen molar-refractivity contribution in [3.63, 3.8) is 0 Å². The first-order valence-corrected chi connectivity index (χ1v) is 9.84. The van der Waals surface area contributed by atoms with Crippen molar-refractivity contribution in [2.24, 2.45) is 5.10 Å². The lowest BCUT2D eigenvalue weighted by Gasteiger charge is -2.10. The zero-order valence-electron chi connectivity index (χ0n) is 17.6. The minimum Gasteiger partial charge on any atom is -0.502 e. The number of carbonyl (C=O) groups excluding carboxylic acids is 1. The fraction of sp³-hybridized carbons (Fsp3) is 0.0800. The van der Waals surface area contributed by atoms with Crippen molar-refractivity contribution in [1.29, 1.82) is 0 Å². The van der Waals surface area contributed by atoms with E-state index in [0.717, 1.165) is 16.5 Å². The summed E-state index contributed by atoms with van der Waals surface area (Å²) in [6.45, 7) is 0. The van der Waals surface area contributed by atoms with Crippen LogP contribution in [0, 0.1) is 0 Å². The predicted molar refractivity (Wildman–Crippen MR) is 123 cm³/mol. The smallest absolute Gasteiger partial charge is 0.272 e. The van der Waals surface area contributed by atoms with E-state index in [0.29, 0.717) is 16.8 Å². The highest BCUT2D eigenvalue weighted by Crippen LogP contribution is 2.36. The molecule has 0 aliphatic carbocycles. The molecule has 0 radical (unpaired) electrons. The van der Waals surface area contributed by atoms with Crippen molar-refractivity contribution in [2.45, 2.75) is 0 Å². The second kappa shape index (κ2) is 9.18. The molecule has 0 spiro atoms. The molecule has 0 unspecified atom stereocenters. The number of phenols is 1. The quantitative estimate of drug-likeness (QED) is 0.352. The summed E-state index contributed by atoms with van der Waals surface area (Å²) < 4.78 is 10.3. The molecule has 7 nitrogen and oxygen atoms in total. The molecule has 4 rings (SSSR count). The van der Waals surface area contributed by atoms with Gasteiger partial charge in [-0.25, -0.2) is 10.4 Å². The number of benzene rings is 3. The summed E-state index contributed by atoms with van der Waals surface area (Å²) in [5.41, 5.74) is 5.95. The standard InChI is InChI=1S/C25H21N3O4/c1-31-22-12-16(13-23(32-2)24(22)29)15-26-28-25(30)19-14-21(17-8-4-3-5-9-17)27-20-11-7-6-10-18(19)20/h3-15,29H,1-2H3,(H,28,30). The number of rotatable bonds is 6. The Morgan fingerprint density at radius 1 is 0.969 bits per heavy atom. The normalized spacial score (nSPS) is 10.9. The summed E-state index contributed by atoms with van der Waals surface area (Å²) in [7, 11) is 2.88. The Hall–Kier alpha value is -4.39. The second-order valence-electron chi connectivity index (χ2n) is 6.91. The van der Waals surface area contributed by atoms with Gasteiger partial charge in [0.25, 0.3) is 5.91 Å². The van der Waals surface area contributed by atoms with Crippen LogP contribution in [0.3, 0.4) is 0 Å². The van der Waals surface area contributed by atoms with Crippen molar-refractivity contribution in [2.75, 3.05) is 14.2 Å². The number of aromatic nitrogens is 1. The number of ether oxygens (including phenoxy) is 2. The van der Waals surface area contributed by atoms with E-state index in [9.17, 15) is 9.90 Å². The van der Waals surface area contributed by atoms with E-state index in [1.54, 1.807) is 18.2 Å². The lowest BCUT2D eigenvalue weighted by Crippen LogP contribution is -2.18. The van der Waals surface area contributed by atoms with Gasteiger partial charge in [-0.1, -0.05) is 48.5 Å². The molecular formula is C25H21N3O4. The van der Waals surface area contributed by atoms with E-state index in [4.69, 9.17) is 14.5 Å².